The minimum absolute atomic E-state index is 0.224. The number of methoxy groups -OCH3 is 1. The lowest BCUT2D eigenvalue weighted by atomic mass is 10.1. The SMILES string of the molecule is COc1cccc(C#Cc2cccc(O)c2)c1. The smallest absolute Gasteiger partial charge is 0.120 e. The van der Waals surface area contributed by atoms with Gasteiger partial charge >= 0.3 is 0 Å². The van der Waals surface area contributed by atoms with Crippen molar-refractivity contribution in [3.05, 3.63) is 59.7 Å². The molecule has 2 nitrogen and oxygen atoms in total. The van der Waals surface area contributed by atoms with E-state index in [1.165, 1.54) is 0 Å². The average molecular weight is 224 g/mol. The van der Waals surface area contributed by atoms with Crippen molar-refractivity contribution in [2.24, 2.45) is 0 Å². The molecule has 0 saturated carbocycles. The Hall–Kier alpha value is -2.40. The van der Waals surface area contributed by atoms with Gasteiger partial charge in [-0.1, -0.05) is 24.0 Å². The van der Waals surface area contributed by atoms with E-state index in [2.05, 4.69) is 11.8 Å². The van der Waals surface area contributed by atoms with Crippen LogP contribution in [0.3, 0.4) is 0 Å². The van der Waals surface area contributed by atoms with Gasteiger partial charge in [0.1, 0.15) is 11.5 Å². The second kappa shape index (κ2) is 5.09. The van der Waals surface area contributed by atoms with Gasteiger partial charge in [-0.25, -0.2) is 0 Å². The molecule has 0 saturated heterocycles. The molecule has 0 spiro atoms. The third kappa shape index (κ3) is 3.02. The van der Waals surface area contributed by atoms with Crippen LogP contribution in [-0.2, 0) is 0 Å². The summed E-state index contributed by atoms with van der Waals surface area (Å²) in [5.74, 6) is 7.02. The zero-order chi connectivity index (χ0) is 12.1. The summed E-state index contributed by atoms with van der Waals surface area (Å²) in [6.07, 6.45) is 0. The summed E-state index contributed by atoms with van der Waals surface area (Å²) in [7, 11) is 1.63. The number of rotatable bonds is 1. The molecule has 0 aliphatic carbocycles. The van der Waals surface area contributed by atoms with Crippen molar-refractivity contribution in [3.8, 4) is 23.3 Å². The van der Waals surface area contributed by atoms with Crippen LogP contribution in [0.15, 0.2) is 48.5 Å². The number of hydrogen-bond acceptors (Lipinski definition) is 2. The quantitative estimate of drug-likeness (QED) is 0.755. The lowest BCUT2D eigenvalue weighted by molar-refractivity contribution is 0.414. The van der Waals surface area contributed by atoms with Gasteiger partial charge in [0.2, 0.25) is 0 Å². The maximum Gasteiger partial charge on any atom is 0.120 e. The van der Waals surface area contributed by atoms with Crippen molar-refractivity contribution in [3.63, 3.8) is 0 Å². The van der Waals surface area contributed by atoms with E-state index >= 15 is 0 Å². The third-order valence-electron chi connectivity index (χ3n) is 2.27. The van der Waals surface area contributed by atoms with E-state index in [0.29, 0.717) is 0 Å². The highest BCUT2D eigenvalue weighted by Crippen LogP contribution is 2.12. The van der Waals surface area contributed by atoms with Crippen LogP contribution < -0.4 is 4.74 Å². The Balaban J connectivity index is 2.26. The first-order valence-corrected chi connectivity index (χ1v) is 5.23. The van der Waals surface area contributed by atoms with Crippen LogP contribution in [0.25, 0.3) is 0 Å². The fraction of sp³-hybridized carbons (Fsp3) is 0.0667. The fourth-order valence-corrected chi connectivity index (χ4v) is 1.43. The summed E-state index contributed by atoms with van der Waals surface area (Å²) in [5.41, 5.74) is 1.67. The van der Waals surface area contributed by atoms with Gasteiger partial charge in [0.25, 0.3) is 0 Å². The molecule has 0 radical (unpaired) electrons. The van der Waals surface area contributed by atoms with E-state index in [-0.39, 0.29) is 5.75 Å². The Labute approximate surface area is 100 Å². The fourth-order valence-electron chi connectivity index (χ4n) is 1.43. The molecule has 2 aromatic carbocycles. The highest BCUT2D eigenvalue weighted by Gasteiger charge is 1.92. The molecule has 84 valence electrons. The Bertz CT molecular complexity index is 577. The molecule has 0 aliphatic heterocycles. The molecule has 0 amide bonds. The molecule has 2 aromatic rings. The lowest BCUT2D eigenvalue weighted by Gasteiger charge is -1.98. The zero-order valence-electron chi connectivity index (χ0n) is 9.47. The molecule has 1 N–H and O–H groups in total. The van der Waals surface area contributed by atoms with Gasteiger partial charge in [0.05, 0.1) is 7.11 Å². The van der Waals surface area contributed by atoms with E-state index in [1.807, 2.05) is 30.3 Å². The predicted molar refractivity (Wildman–Crippen MR) is 67.1 cm³/mol. The molecule has 0 atom stereocenters. The number of phenolic OH excluding ortho intramolecular Hbond substituents is 1. The van der Waals surface area contributed by atoms with Crippen molar-refractivity contribution in [1.29, 1.82) is 0 Å². The second-order valence-electron chi connectivity index (χ2n) is 3.53. The van der Waals surface area contributed by atoms with Gasteiger partial charge in [0, 0.05) is 11.1 Å². The van der Waals surface area contributed by atoms with Crippen LogP contribution in [-0.4, -0.2) is 12.2 Å². The zero-order valence-corrected chi connectivity index (χ0v) is 9.47. The van der Waals surface area contributed by atoms with E-state index < -0.39 is 0 Å². The van der Waals surface area contributed by atoms with E-state index in [9.17, 15) is 5.11 Å². The summed E-state index contributed by atoms with van der Waals surface area (Å²) >= 11 is 0. The minimum atomic E-state index is 0.224. The van der Waals surface area contributed by atoms with Crippen LogP contribution in [0, 0.1) is 11.8 Å². The topological polar surface area (TPSA) is 29.5 Å². The molecule has 0 fully saturated rings. The Kier molecular flexibility index (Phi) is 3.32. The summed E-state index contributed by atoms with van der Waals surface area (Å²) in [5, 5.41) is 9.30. The predicted octanol–water partition coefficient (Wildman–Crippen LogP) is 2.80. The minimum Gasteiger partial charge on any atom is -0.508 e. The number of benzene rings is 2. The Morgan fingerprint density at radius 3 is 2.24 bits per heavy atom. The summed E-state index contributed by atoms with van der Waals surface area (Å²) in [6, 6.07) is 14.4. The van der Waals surface area contributed by atoms with Gasteiger partial charge in [-0.2, -0.15) is 0 Å². The van der Waals surface area contributed by atoms with Crippen LogP contribution in [0.4, 0.5) is 0 Å². The summed E-state index contributed by atoms with van der Waals surface area (Å²) in [6.45, 7) is 0. The number of ether oxygens (including phenoxy) is 1. The number of phenols is 1. The number of hydrogen-bond donors (Lipinski definition) is 1. The molecule has 2 rings (SSSR count). The third-order valence-corrected chi connectivity index (χ3v) is 2.27. The van der Waals surface area contributed by atoms with Gasteiger partial charge in [0.15, 0.2) is 0 Å². The standard InChI is InChI=1S/C15H12O2/c1-17-15-7-3-5-13(11-15)9-8-12-4-2-6-14(16)10-12/h2-7,10-11,16H,1H3. The maximum atomic E-state index is 9.30. The second-order valence-corrected chi connectivity index (χ2v) is 3.53. The van der Waals surface area contributed by atoms with E-state index in [4.69, 9.17) is 4.74 Å². The largest absolute Gasteiger partial charge is 0.508 e. The van der Waals surface area contributed by atoms with Gasteiger partial charge in [-0.05, 0) is 36.4 Å². The van der Waals surface area contributed by atoms with Crippen LogP contribution in [0.5, 0.6) is 11.5 Å². The van der Waals surface area contributed by atoms with Crippen molar-refractivity contribution >= 4 is 0 Å². The van der Waals surface area contributed by atoms with Gasteiger partial charge in [-0.15, -0.1) is 0 Å². The van der Waals surface area contributed by atoms with Crippen molar-refractivity contribution < 1.29 is 9.84 Å². The van der Waals surface area contributed by atoms with Gasteiger partial charge in [-0.3, -0.25) is 0 Å². The lowest BCUT2D eigenvalue weighted by Crippen LogP contribution is -1.83. The maximum absolute atomic E-state index is 9.30. The van der Waals surface area contributed by atoms with Crippen molar-refractivity contribution in [2.75, 3.05) is 7.11 Å². The molecule has 17 heavy (non-hydrogen) atoms. The van der Waals surface area contributed by atoms with Crippen LogP contribution in [0.2, 0.25) is 0 Å². The Morgan fingerprint density at radius 1 is 0.941 bits per heavy atom. The molecule has 0 heterocycles. The van der Waals surface area contributed by atoms with Crippen molar-refractivity contribution in [1.82, 2.24) is 0 Å². The van der Waals surface area contributed by atoms with Gasteiger partial charge < -0.3 is 9.84 Å². The molecule has 0 unspecified atom stereocenters. The molecule has 2 heteroatoms. The molecule has 0 aliphatic rings. The first kappa shape index (κ1) is 11.1. The Morgan fingerprint density at radius 2 is 1.59 bits per heavy atom. The van der Waals surface area contributed by atoms with E-state index in [0.717, 1.165) is 16.9 Å². The molecular weight excluding hydrogens is 212 g/mol. The highest BCUT2D eigenvalue weighted by atomic mass is 16.5. The molecule has 0 aromatic heterocycles. The molecule has 0 bridgehead atoms. The monoisotopic (exact) mass is 224 g/mol. The first-order chi connectivity index (χ1) is 8.28. The molecular formula is C15H12O2. The summed E-state index contributed by atoms with van der Waals surface area (Å²) in [4.78, 5) is 0. The number of aromatic hydroxyl groups is 1. The van der Waals surface area contributed by atoms with E-state index in [1.54, 1.807) is 25.3 Å². The summed E-state index contributed by atoms with van der Waals surface area (Å²) < 4.78 is 5.12. The van der Waals surface area contributed by atoms with Crippen LogP contribution in [0.1, 0.15) is 11.1 Å². The highest BCUT2D eigenvalue weighted by molar-refractivity contribution is 5.46. The normalized spacial score (nSPS) is 9.24. The first-order valence-electron chi connectivity index (χ1n) is 5.23. The van der Waals surface area contributed by atoms with Crippen molar-refractivity contribution in [2.45, 2.75) is 0 Å². The average Bonchev–Trinajstić information content (AvgIpc) is 2.37. The van der Waals surface area contributed by atoms with Crippen LogP contribution >= 0.6 is 0 Å².